The minimum absolute atomic E-state index is 0.584. The maximum atomic E-state index is 4.22. The summed E-state index contributed by atoms with van der Waals surface area (Å²) in [7, 11) is 0. The lowest BCUT2D eigenvalue weighted by Crippen LogP contribution is -2.10. The van der Waals surface area contributed by atoms with Gasteiger partial charge in [0.05, 0.1) is 0 Å². The first-order valence-electron chi connectivity index (χ1n) is 8.62. The van der Waals surface area contributed by atoms with Crippen molar-refractivity contribution < 1.29 is 0 Å². The Kier molecular flexibility index (Phi) is 6.53. The first kappa shape index (κ1) is 17.9. The lowest BCUT2D eigenvalue weighted by Gasteiger charge is -2.15. The fourth-order valence-corrected chi connectivity index (χ4v) is 3.84. The zero-order valence-electron chi connectivity index (χ0n) is 14.9. The summed E-state index contributed by atoms with van der Waals surface area (Å²) in [4.78, 5) is 2.64. The van der Waals surface area contributed by atoms with Crippen LogP contribution in [0.5, 0.6) is 0 Å². The third-order valence-electron chi connectivity index (χ3n) is 4.29. The minimum Gasteiger partial charge on any atom is -0.0906 e. The Morgan fingerprint density at radius 3 is 2.57 bits per heavy atom. The van der Waals surface area contributed by atoms with Crippen LogP contribution < -0.4 is 10.4 Å². The molecule has 1 unspecified atom stereocenters. The molecule has 0 radical (unpaired) electrons. The van der Waals surface area contributed by atoms with E-state index in [-0.39, 0.29) is 0 Å². The van der Waals surface area contributed by atoms with Crippen LogP contribution in [0.4, 0.5) is 0 Å². The Balaban J connectivity index is 2.43. The predicted octanol–water partition coefficient (Wildman–Crippen LogP) is 5.65. The Labute approximate surface area is 145 Å². The molecule has 0 saturated heterocycles. The molecule has 0 amide bonds. The molecule has 0 heterocycles. The van der Waals surface area contributed by atoms with E-state index in [4.69, 9.17) is 0 Å². The summed E-state index contributed by atoms with van der Waals surface area (Å²) in [5, 5.41) is 2.42. The molecular weight excluding hydrogens is 296 g/mol. The molecule has 0 fully saturated rings. The molecular formula is C22H28S. The average molecular weight is 325 g/mol. The molecule has 0 aliphatic carbocycles. The average Bonchev–Trinajstić information content (AvgIpc) is 2.55. The predicted molar refractivity (Wildman–Crippen MR) is 105 cm³/mol. The molecule has 0 aromatic heterocycles. The maximum absolute atomic E-state index is 4.22. The molecule has 23 heavy (non-hydrogen) atoms. The molecule has 0 aliphatic heterocycles. The number of hydrogen-bond acceptors (Lipinski definition) is 1. The molecule has 0 nitrogen and oxygen atoms in total. The summed E-state index contributed by atoms with van der Waals surface area (Å²) >= 11 is 1.86. The van der Waals surface area contributed by atoms with Crippen LogP contribution in [-0.2, 0) is 0 Å². The van der Waals surface area contributed by atoms with Crippen LogP contribution in [0.1, 0.15) is 57.1 Å². The van der Waals surface area contributed by atoms with E-state index in [9.17, 15) is 0 Å². The molecule has 122 valence electrons. The number of benzene rings is 2. The largest absolute Gasteiger partial charge is 0.0906 e. The molecule has 1 atom stereocenters. The van der Waals surface area contributed by atoms with Gasteiger partial charge in [-0.3, -0.25) is 0 Å². The quantitative estimate of drug-likeness (QED) is 0.661. The second kappa shape index (κ2) is 8.40. The topological polar surface area (TPSA) is 0 Å². The van der Waals surface area contributed by atoms with Gasteiger partial charge in [0.15, 0.2) is 0 Å². The summed E-state index contributed by atoms with van der Waals surface area (Å²) < 4.78 is 0. The zero-order valence-corrected chi connectivity index (χ0v) is 15.7. The van der Waals surface area contributed by atoms with Gasteiger partial charge in [-0.1, -0.05) is 75.9 Å². The van der Waals surface area contributed by atoms with E-state index in [2.05, 4.69) is 76.7 Å². The summed E-state index contributed by atoms with van der Waals surface area (Å²) in [5.41, 5.74) is 2.77. The van der Waals surface area contributed by atoms with Gasteiger partial charge in [-0.25, -0.2) is 0 Å². The summed E-state index contributed by atoms with van der Waals surface area (Å²) in [6, 6.07) is 13.4. The number of hydrogen-bond donors (Lipinski definition) is 0. The van der Waals surface area contributed by atoms with E-state index in [0.717, 1.165) is 18.1 Å². The Hall–Kier alpha value is -1.47. The zero-order chi connectivity index (χ0) is 16.8. The lowest BCUT2D eigenvalue weighted by atomic mass is 9.98. The molecule has 2 rings (SSSR count). The lowest BCUT2D eigenvalue weighted by molar-refractivity contribution is 0.719. The summed E-state index contributed by atoms with van der Waals surface area (Å²) in [5.74, 6) is 0.584. The first-order chi connectivity index (χ1) is 11.0. The van der Waals surface area contributed by atoms with Crippen molar-refractivity contribution in [3.8, 4) is 0 Å². The highest BCUT2D eigenvalue weighted by Gasteiger charge is 2.11. The molecule has 0 aliphatic rings. The molecule has 0 N–H and O–H groups in total. The Bertz CT molecular complexity index is 758. The highest BCUT2D eigenvalue weighted by Crippen LogP contribution is 2.34. The smallest absolute Gasteiger partial charge is 0.0194 e. The van der Waals surface area contributed by atoms with Crippen LogP contribution in [0.25, 0.3) is 12.7 Å². The van der Waals surface area contributed by atoms with Gasteiger partial charge >= 0.3 is 0 Å². The van der Waals surface area contributed by atoms with Gasteiger partial charge in [0.2, 0.25) is 0 Å². The van der Waals surface area contributed by atoms with Crippen molar-refractivity contribution in [2.24, 2.45) is 0 Å². The molecule has 0 saturated carbocycles. The third-order valence-corrected chi connectivity index (χ3v) is 5.47. The molecule has 2 aromatic carbocycles. The van der Waals surface area contributed by atoms with Crippen LogP contribution in [0.2, 0.25) is 0 Å². The van der Waals surface area contributed by atoms with Crippen molar-refractivity contribution in [2.75, 3.05) is 0 Å². The van der Waals surface area contributed by atoms with Crippen LogP contribution in [0.15, 0.2) is 46.2 Å². The first-order valence-corrected chi connectivity index (χ1v) is 9.44. The number of aryl methyl sites for hydroxylation is 1. The summed E-state index contributed by atoms with van der Waals surface area (Å²) in [6.45, 7) is 13.2. The SMILES string of the molecule is C=c1ccc(=CCCC)cc1Sc1cc(C)ccc1C(C)CC. The van der Waals surface area contributed by atoms with E-state index in [1.165, 1.54) is 32.6 Å². The summed E-state index contributed by atoms with van der Waals surface area (Å²) in [6.07, 6.45) is 5.79. The van der Waals surface area contributed by atoms with Crippen molar-refractivity contribution in [3.63, 3.8) is 0 Å². The van der Waals surface area contributed by atoms with Gasteiger partial charge in [-0.15, -0.1) is 0 Å². The second-order valence-corrected chi connectivity index (χ2v) is 7.40. The van der Waals surface area contributed by atoms with E-state index in [0.29, 0.717) is 5.92 Å². The van der Waals surface area contributed by atoms with Crippen molar-refractivity contribution >= 4 is 24.4 Å². The van der Waals surface area contributed by atoms with Crippen LogP contribution >= 0.6 is 11.8 Å². The molecule has 0 bridgehead atoms. The van der Waals surface area contributed by atoms with Gasteiger partial charge in [0.1, 0.15) is 0 Å². The highest BCUT2D eigenvalue weighted by molar-refractivity contribution is 7.99. The van der Waals surface area contributed by atoms with E-state index < -0.39 is 0 Å². The third kappa shape index (κ3) is 4.75. The van der Waals surface area contributed by atoms with E-state index >= 15 is 0 Å². The molecule has 2 aromatic rings. The Morgan fingerprint density at radius 2 is 1.87 bits per heavy atom. The van der Waals surface area contributed by atoms with Crippen LogP contribution in [-0.4, -0.2) is 0 Å². The van der Waals surface area contributed by atoms with Crippen LogP contribution in [0, 0.1) is 6.92 Å². The molecule has 1 heteroatoms. The van der Waals surface area contributed by atoms with Crippen molar-refractivity contribution in [1.29, 1.82) is 0 Å². The highest BCUT2D eigenvalue weighted by atomic mass is 32.2. The van der Waals surface area contributed by atoms with Gasteiger partial charge in [0.25, 0.3) is 0 Å². The standard InChI is InChI=1S/C22H28S/c1-6-8-9-19-12-11-18(5)21(15-19)23-22-14-16(3)10-13-20(22)17(4)7-2/h9-15,17H,5-8H2,1-4H3. The van der Waals surface area contributed by atoms with Gasteiger partial charge in [-0.2, -0.15) is 0 Å². The number of rotatable bonds is 6. The van der Waals surface area contributed by atoms with Crippen LogP contribution in [0.3, 0.4) is 0 Å². The maximum Gasteiger partial charge on any atom is 0.0194 e. The van der Waals surface area contributed by atoms with Crippen molar-refractivity contribution in [2.45, 2.75) is 62.7 Å². The van der Waals surface area contributed by atoms with Gasteiger partial charge in [-0.05, 0) is 59.4 Å². The fraction of sp³-hybridized carbons (Fsp3) is 0.364. The molecule has 0 spiro atoms. The number of unbranched alkanes of at least 4 members (excludes halogenated alkanes) is 1. The van der Waals surface area contributed by atoms with Crippen molar-refractivity contribution in [3.05, 3.63) is 58.0 Å². The normalized spacial score (nSPS) is 13.3. The Morgan fingerprint density at radius 1 is 1.09 bits per heavy atom. The second-order valence-electron chi connectivity index (χ2n) is 6.31. The fourth-order valence-electron chi connectivity index (χ4n) is 2.58. The minimum atomic E-state index is 0.584. The monoisotopic (exact) mass is 324 g/mol. The van der Waals surface area contributed by atoms with Gasteiger partial charge in [0, 0.05) is 9.79 Å². The van der Waals surface area contributed by atoms with E-state index in [1.54, 1.807) is 0 Å². The van der Waals surface area contributed by atoms with Gasteiger partial charge < -0.3 is 0 Å². The van der Waals surface area contributed by atoms with E-state index in [1.807, 2.05) is 11.8 Å². The van der Waals surface area contributed by atoms with Crippen molar-refractivity contribution in [1.82, 2.24) is 0 Å².